The summed E-state index contributed by atoms with van der Waals surface area (Å²) in [5, 5.41) is 21.1. The summed E-state index contributed by atoms with van der Waals surface area (Å²) < 4.78 is 2.00. The third-order valence-corrected chi connectivity index (χ3v) is 8.09. The van der Waals surface area contributed by atoms with E-state index in [9.17, 15) is 9.90 Å². The van der Waals surface area contributed by atoms with Crippen LogP contribution in [0.15, 0.2) is 42.9 Å². The fourth-order valence-electron chi connectivity index (χ4n) is 4.47. The van der Waals surface area contributed by atoms with Crippen molar-refractivity contribution in [2.24, 2.45) is 0 Å². The van der Waals surface area contributed by atoms with Crippen LogP contribution >= 0.6 is 11.3 Å². The number of fused-ring (bicyclic) bond motifs is 1. The summed E-state index contributed by atoms with van der Waals surface area (Å²) in [5.74, 6) is 1.29. The number of aliphatic hydroxyl groups is 1. The van der Waals surface area contributed by atoms with E-state index in [0.717, 1.165) is 58.5 Å². The van der Waals surface area contributed by atoms with Gasteiger partial charge in [0, 0.05) is 49.3 Å². The third-order valence-electron chi connectivity index (χ3n) is 6.67. The minimum atomic E-state index is -0.111. The quantitative estimate of drug-likeness (QED) is 0.304. The topological polar surface area (TPSA) is 121 Å². The van der Waals surface area contributed by atoms with Gasteiger partial charge in [0.2, 0.25) is 0 Å². The Labute approximate surface area is 232 Å². The van der Waals surface area contributed by atoms with Gasteiger partial charge in [0.15, 0.2) is 5.82 Å². The van der Waals surface area contributed by atoms with Gasteiger partial charge in [-0.05, 0) is 24.1 Å². The lowest BCUT2D eigenvalue weighted by Crippen LogP contribution is -2.35. The fourth-order valence-corrected chi connectivity index (χ4v) is 5.36. The van der Waals surface area contributed by atoms with Crippen molar-refractivity contribution in [3.05, 3.63) is 69.6 Å². The van der Waals surface area contributed by atoms with E-state index in [0.29, 0.717) is 23.8 Å². The van der Waals surface area contributed by atoms with Crippen molar-refractivity contribution >= 4 is 28.9 Å². The molecule has 0 bridgehead atoms. The summed E-state index contributed by atoms with van der Waals surface area (Å²) in [5.41, 5.74) is 4.90. The SMILES string of the molecule is Cc1cc(-c2cc(Nc3cc4n(n3)CCN(CCO)C4)ncn2)ccc1CNC(=O)c1cnc(C(C)(C)C)s1. The molecule has 1 aliphatic heterocycles. The van der Waals surface area contributed by atoms with Gasteiger partial charge in [-0.25, -0.2) is 15.0 Å². The Morgan fingerprint density at radius 2 is 1.95 bits per heavy atom. The maximum atomic E-state index is 12.7. The molecule has 3 aromatic heterocycles. The van der Waals surface area contributed by atoms with Crippen LogP contribution in [0.25, 0.3) is 11.3 Å². The van der Waals surface area contributed by atoms with Crippen LogP contribution in [0.3, 0.4) is 0 Å². The molecule has 39 heavy (non-hydrogen) atoms. The molecule has 0 saturated carbocycles. The first-order valence-electron chi connectivity index (χ1n) is 13.0. The molecule has 0 radical (unpaired) electrons. The van der Waals surface area contributed by atoms with Gasteiger partial charge in [0.1, 0.15) is 17.0 Å². The third kappa shape index (κ3) is 6.32. The molecule has 11 heteroatoms. The minimum absolute atomic E-state index is 0.0767. The van der Waals surface area contributed by atoms with Gasteiger partial charge < -0.3 is 15.7 Å². The normalized spacial score (nSPS) is 13.8. The van der Waals surface area contributed by atoms with Crippen molar-refractivity contribution < 1.29 is 9.90 Å². The highest BCUT2D eigenvalue weighted by Crippen LogP contribution is 2.27. The number of hydrogen-bond acceptors (Lipinski definition) is 9. The first-order valence-corrected chi connectivity index (χ1v) is 13.8. The summed E-state index contributed by atoms with van der Waals surface area (Å²) in [6.45, 7) is 12.0. The number of hydrogen-bond donors (Lipinski definition) is 3. The number of carbonyl (C=O) groups is 1. The molecule has 1 aliphatic rings. The van der Waals surface area contributed by atoms with Gasteiger partial charge in [-0.2, -0.15) is 5.10 Å². The van der Waals surface area contributed by atoms with Gasteiger partial charge in [-0.15, -0.1) is 11.3 Å². The van der Waals surface area contributed by atoms with Crippen LogP contribution in [-0.2, 0) is 25.0 Å². The monoisotopic (exact) mass is 546 g/mol. The number of anilines is 2. The second-order valence-electron chi connectivity index (χ2n) is 10.8. The van der Waals surface area contributed by atoms with Crippen LogP contribution in [0.2, 0.25) is 0 Å². The Morgan fingerprint density at radius 3 is 2.69 bits per heavy atom. The number of rotatable bonds is 8. The molecule has 3 N–H and O–H groups in total. The first-order chi connectivity index (χ1) is 18.7. The van der Waals surface area contributed by atoms with E-state index in [1.165, 1.54) is 11.3 Å². The number of carbonyl (C=O) groups excluding carboxylic acids is 1. The summed E-state index contributed by atoms with van der Waals surface area (Å²) in [4.78, 5) is 28.8. The standard InChI is InChI=1S/C28H34N8O2S/c1-18-11-19(5-6-20(18)14-29-26(38)23-15-30-27(39-23)28(2,3)4)22-13-24(32-17-31-22)33-25-12-21-16-35(9-10-37)7-8-36(21)34-25/h5-6,11-13,15,17,37H,7-10,14,16H2,1-4H3,(H,29,38)(H,31,32,33,34). The van der Waals surface area contributed by atoms with Crippen LogP contribution in [0.5, 0.6) is 0 Å². The highest BCUT2D eigenvalue weighted by molar-refractivity contribution is 7.13. The molecule has 0 fully saturated rings. The van der Waals surface area contributed by atoms with Gasteiger partial charge in [0.25, 0.3) is 5.91 Å². The van der Waals surface area contributed by atoms with E-state index >= 15 is 0 Å². The maximum Gasteiger partial charge on any atom is 0.263 e. The fraction of sp³-hybridized carbons (Fsp3) is 0.393. The van der Waals surface area contributed by atoms with Gasteiger partial charge >= 0.3 is 0 Å². The highest BCUT2D eigenvalue weighted by Gasteiger charge is 2.21. The van der Waals surface area contributed by atoms with Crippen LogP contribution < -0.4 is 10.6 Å². The molecule has 4 aromatic rings. The Balaban J connectivity index is 1.23. The number of aromatic nitrogens is 5. The van der Waals surface area contributed by atoms with Crippen molar-refractivity contribution in [2.75, 3.05) is 25.0 Å². The zero-order valence-electron chi connectivity index (χ0n) is 22.7. The van der Waals surface area contributed by atoms with E-state index in [2.05, 4.69) is 62.4 Å². The van der Waals surface area contributed by atoms with E-state index in [4.69, 9.17) is 0 Å². The zero-order chi connectivity index (χ0) is 27.6. The molecule has 10 nitrogen and oxygen atoms in total. The van der Waals surface area contributed by atoms with Crippen molar-refractivity contribution in [3.8, 4) is 11.3 Å². The maximum absolute atomic E-state index is 12.7. The summed E-state index contributed by atoms with van der Waals surface area (Å²) >= 11 is 1.44. The van der Waals surface area contributed by atoms with Gasteiger partial charge in [0.05, 0.1) is 35.7 Å². The predicted molar refractivity (Wildman–Crippen MR) is 152 cm³/mol. The molecule has 1 aromatic carbocycles. The second-order valence-corrected chi connectivity index (χ2v) is 11.8. The second kappa shape index (κ2) is 11.2. The average Bonchev–Trinajstić information content (AvgIpc) is 3.55. The van der Waals surface area contributed by atoms with E-state index in [1.807, 2.05) is 35.9 Å². The van der Waals surface area contributed by atoms with Crippen molar-refractivity contribution in [1.82, 2.24) is 34.9 Å². The van der Waals surface area contributed by atoms with E-state index in [1.54, 1.807) is 12.5 Å². The Morgan fingerprint density at radius 1 is 1.10 bits per heavy atom. The lowest BCUT2D eigenvalue weighted by Gasteiger charge is -2.26. The average molecular weight is 547 g/mol. The summed E-state index contributed by atoms with van der Waals surface area (Å²) in [6.07, 6.45) is 3.20. The number of thiazole rings is 1. The smallest absolute Gasteiger partial charge is 0.263 e. The summed E-state index contributed by atoms with van der Waals surface area (Å²) in [6, 6.07) is 10.0. The number of β-amino-alcohol motifs (C(OH)–C–C–N with tert-alkyl or cyclic N) is 1. The Kier molecular flexibility index (Phi) is 7.74. The first kappa shape index (κ1) is 26.9. The molecular formula is C28H34N8O2S. The molecule has 0 aliphatic carbocycles. The molecule has 4 heterocycles. The van der Waals surface area contributed by atoms with Crippen molar-refractivity contribution in [1.29, 1.82) is 0 Å². The van der Waals surface area contributed by atoms with Crippen LogP contribution in [0.4, 0.5) is 11.6 Å². The number of benzene rings is 1. The van der Waals surface area contributed by atoms with Crippen molar-refractivity contribution in [3.63, 3.8) is 0 Å². The van der Waals surface area contributed by atoms with Crippen LogP contribution in [-0.4, -0.2) is 60.3 Å². The predicted octanol–water partition coefficient (Wildman–Crippen LogP) is 3.88. The van der Waals surface area contributed by atoms with E-state index < -0.39 is 0 Å². The molecule has 0 unspecified atom stereocenters. The molecule has 1 amide bonds. The molecule has 204 valence electrons. The Bertz CT molecular complexity index is 1470. The number of nitrogens with zero attached hydrogens (tertiary/aromatic N) is 6. The van der Waals surface area contributed by atoms with Crippen molar-refractivity contribution in [2.45, 2.75) is 52.7 Å². The number of amides is 1. The van der Waals surface area contributed by atoms with E-state index in [-0.39, 0.29) is 17.9 Å². The van der Waals surface area contributed by atoms with Gasteiger partial charge in [-0.3, -0.25) is 14.4 Å². The van der Waals surface area contributed by atoms with Crippen LogP contribution in [0, 0.1) is 6.92 Å². The molecule has 5 rings (SSSR count). The van der Waals surface area contributed by atoms with Gasteiger partial charge in [-0.1, -0.05) is 32.9 Å². The number of aliphatic hydroxyl groups excluding tert-OH is 1. The number of nitrogens with one attached hydrogen (secondary N) is 2. The molecular weight excluding hydrogens is 512 g/mol. The lowest BCUT2D eigenvalue weighted by molar-refractivity contribution is 0.0954. The molecule has 0 spiro atoms. The summed E-state index contributed by atoms with van der Waals surface area (Å²) in [7, 11) is 0. The zero-order valence-corrected chi connectivity index (χ0v) is 23.5. The van der Waals surface area contributed by atoms with Crippen LogP contribution in [0.1, 0.15) is 52.3 Å². The largest absolute Gasteiger partial charge is 0.395 e. The number of aryl methyl sites for hydroxylation is 1. The highest BCUT2D eigenvalue weighted by atomic mass is 32.1. The Hall–Kier alpha value is -3.67. The molecule has 0 saturated heterocycles. The minimum Gasteiger partial charge on any atom is -0.395 e. The molecule has 0 atom stereocenters. The lowest BCUT2D eigenvalue weighted by atomic mass is 9.98.